The summed E-state index contributed by atoms with van der Waals surface area (Å²) in [7, 11) is 6.33. The van der Waals surface area contributed by atoms with Crippen LogP contribution in [0.2, 0.25) is 0 Å². The molecule has 118 valence electrons. The summed E-state index contributed by atoms with van der Waals surface area (Å²) in [6.45, 7) is 1.87. The third kappa shape index (κ3) is 2.83. The zero-order valence-corrected chi connectivity index (χ0v) is 13.3. The second-order valence-corrected chi connectivity index (χ2v) is 4.64. The molecule has 0 radical (unpaired) electrons. The first-order valence-electron chi connectivity index (χ1n) is 6.61. The summed E-state index contributed by atoms with van der Waals surface area (Å²) in [4.78, 5) is 12.4. The van der Waals surface area contributed by atoms with Gasteiger partial charge >= 0.3 is 0 Å². The standard InChI is InChI=1S/C15H19N3O4/c1-9-11(8-16-18(9)2)17-15(19)10-6-12(20-3)14(22-5)13(7-10)21-4/h6-8H,1-5H3,(H,17,19). The van der Waals surface area contributed by atoms with Crippen LogP contribution < -0.4 is 19.5 Å². The first-order chi connectivity index (χ1) is 10.5. The molecule has 1 aromatic heterocycles. The summed E-state index contributed by atoms with van der Waals surface area (Å²) >= 11 is 0. The molecule has 0 saturated carbocycles. The first-order valence-corrected chi connectivity index (χ1v) is 6.61. The number of nitrogens with zero attached hydrogens (tertiary/aromatic N) is 2. The molecule has 1 heterocycles. The molecule has 22 heavy (non-hydrogen) atoms. The minimum Gasteiger partial charge on any atom is -0.493 e. The number of amides is 1. The molecule has 1 aromatic carbocycles. The maximum atomic E-state index is 12.4. The summed E-state index contributed by atoms with van der Waals surface area (Å²) in [5, 5.41) is 6.90. The highest BCUT2D eigenvalue weighted by atomic mass is 16.5. The van der Waals surface area contributed by atoms with Crippen LogP contribution in [0.25, 0.3) is 0 Å². The highest BCUT2D eigenvalue weighted by molar-refractivity contribution is 6.05. The van der Waals surface area contributed by atoms with Crippen LogP contribution in [0, 0.1) is 6.92 Å². The van der Waals surface area contributed by atoms with Crippen molar-refractivity contribution in [2.75, 3.05) is 26.6 Å². The third-order valence-corrected chi connectivity index (χ3v) is 3.41. The summed E-state index contributed by atoms with van der Waals surface area (Å²) < 4.78 is 17.4. The summed E-state index contributed by atoms with van der Waals surface area (Å²) in [6, 6.07) is 3.20. The lowest BCUT2D eigenvalue weighted by Crippen LogP contribution is -2.13. The van der Waals surface area contributed by atoms with E-state index in [9.17, 15) is 4.79 Å². The molecule has 0 unspecified atom stereocenters. The number of benzene rings is 1. The van der Waals surface area contributed by atoms with Crippen LogP contribution in [0.5, 0.6) is 17.2 Å². The van der Waals surface area contributed by atoms with E-state index in [4.69, 9.17) is 14.2 Å². The molecule has 0 aliphatic carbocycles. The topological polar surface area (TPSA) is 74.6 Å². The van der Waals surface area contributed by atoms with Gasteiger partial charge in [-0.1, -0.05) is 0 Å². The number of hydrogen-bond donors (Lipinski definition) is 1. The number of methoxy groups -OCH3 is 3. The fourth-order valence-corrected chi connectivity index (χ4v) is 2.03. The van der Waals surface area contributed by atoms with Gasteiger partial charge in [-0.2, -0.15) is 5.10 Å². The van der Waals surface area contributed by atoms with Gasteiger partial charge in [-0.25, -0.2) is 0 Å². The van der Waals surface area contributed by atoms with E-state index < -0.39 is 0 Å². The molecule has 2 rings (SSSR count). The van der Waals surface area contributed by atoms with Gasteiger partial charge in [0.1, 0.15) is 0 Å². The molecule has 0 fully saturated rings. The fraction of sp³-hybridized carbons (Fsp3) is 0.333. The number of hydrogen-bond acceptors (Lipinski definition) is 5. The number of aryl methyl sites for hydroxylation is 1. The molecular formula is C15H19N3O4. The second kappa shape index (κ2) is 6.38. The molecule has 1 amide bonds. The molecular weight excluding hydrogens is 286 g/mol. The number of ether oxygens (including phenoxy) is 3. The maximum Gasteiger partial charge on any atom is 0.256 e. The van der Waals surface area contributed by atoms with E-state index in [2.05, 4.69) is 10.4 Å². The van der Waals surface area contributed by atoms with Gasteiger partial charge in [0, 0.05) is 12.6 Å². The quantitative estimate of drug-likeness (QED) is 0.914. The molecule has 7 heteroatoms. The Bertz CT molecular complexity index is 669. The summed E-state index contributed by atoms with van der Waals surface area (Å²) in [5.41, 5.74) is 1.92. The van der Waals surface area contributed by atoms with E-state index in [1.165, 1.54) is 21.3 Å². The Morgan fingerprint density at radius 3 is 2.14 bits per heavy atom. The van der Waals surface area contributed by atoms with Crippen LogP contribution in [0.15, 0.2) is 18.3 Å². The van der Waals surface area contributed by atoms with E-state index in [0.29, 0.717) is 28.5 Å². The van der Waals surface area contributed by atoms with Crippen LogP contribution in [-0.2, 0) is 7.05 Å². The van der Waals surface area contributed by atoms with Gasteiger partial charge in [0.05, 0.1) is 38.9 Å². The molecule has 0 atom stereocenters. The van der Waals surface area contributed by atoms with Crippen LogP contribution in [-0.4, -0.2) is 37.0 Å². The summed E-state index contributed by atoms with van der Waals surface area (Å²) in [5.74, 6) is 1.01. The van der Waals surface area contributed by atoms with Crippen molar-refractivity contribution in [3.63, 3.8) is 0 Å². The van der Waals surface area contributed by atoms with Crippen LogP contribution in [0.4, 0.5) is 5.69 Å². The Balaban J connectivity index is 2.35. The molecule has 2 aromatic rings. The van der Waals surface area contributed by atoms with Crippen LogP contribution in [0.1, 0.15) is 16.1 Å². The van der Waals surface area contributed by atoms with Crippen molar-refractivity contribution < 1.29 is 19.0 Å². The Morgan fingerprint density at radius 1 is 1.14 bits per heavy atom. The molecule has 0 spiro atoms. The van der Waals surface area contributed by atoms with Crippen LogP contribution in [0.3, 0.4) is 0 Å². The lowest BCUT2D eigenvalue weighted by molar-refractivity contribution is 0.102. The number of carbonyl (C=O) groups excluding carboxylic acids is 1. The predicted molar refractivity (Wildman–Crippen MR) is 82.0 cm³/mol. The summed E-state index contributed by atoms with van der Waals surface area (Å²) in [6.07, 6.45) is 1.60. The van der Waals surface area contributed by atoms with Crippen molar-refractivity contribution in [2.45, 2.75) is 6.92 Å². The number of rotatable bonds is 5. The SMILES string of the molecule is COc1cc(C(=O)Nc2cnn(C)c2C)cc(OC)c1OC. The minimum atomic E-state index is -0.282. The third-order valence-electron chi connectivity index (χ3n) is 3.41. The van der Waals surface area contributed by atoms with Gasteiger partial charge in [0.15, 0.2) is 11.5 Å². The van der Waals surface area contributed by atoms with Gasteiger partial charge in [-0.05, 0) is 19.1 Å². The van der Waals surface area contributed by atoms with Gasteiger partial charge in [-0.15, -0.1) is 0 Å². The average molecular weight is 305 g/mol. The molecule has 7 nitrogen and oxygen atoms in total. The average Bonchev–Trinajstić information content (AvgIpc) is 2.85. The van der Waals surface area contributed by atoms with Crippen molar-refractivity contribution in [1.82, 2.24) is 9.78 Å². The first kappa shape index (κ1) is 15.7. The Morgan fingerprint density at radius 2 is 1.73 bits per heavy atom. The lowest BCUT2D eigenvalue weighted by Gasteiger charge is -2.14. The zero-order chi connectivity index (χ0) is 16.3. The highest BCUT2D eigenvalue weighted by Crippen LogP contribution is 2.38. The predicted octanol–water partition coefficient (Wildman–Crippen LogP) is 2.01. The lowest BCUT2D eigenvalue weighted by atomic mass is 10.1. The number of nitrogens with one attached hydrogen (secondary N) is 1. The smallest absolute Gasteiger partial charge is 0.256 e. The number of aromatic nitrogens is 2. The zero-order valence-electron chi connectivity index (χ0n) is 13.3. The van der Waals surface area contributed by atoms with Crippen molar-refractivity contribution in [3.8, 4) is 17.2 Å². The van der Waals surface area contributed by atoms with E-state index in [-0.39, 0.29) is 5.91 Å². The van der Waals surface area contributed by atoms with Gasteiger partial charge in [0.2, 0.25) is 5.75 Å². The fourth-order valence-electron chi connectivity index (χ4n) is 2.03. The number of carbonyl (C=O) groups is 1. The molecule has 0 saturated heterocycles. The highest BCUT2D eigenvalue weighted by Gasteiger charge is 2.18. The van der Waals surface area contributed by atoms with Crippen molar-refractivity contribution in [2.24, 2.45) is 7.05 Å². The Labute approximate surface area is 128 Å². The van der Waals surface area contributed by atoms with Crippen molar-refractivity contribution in [1.29, 1.82) is 0 Å². The molecule has 1 N–H and O–H groups in total. The number of anilines is 1. The van der Waals surface area contributed by atoms with E-state index in [0.717, 1.165) is 5.69 Å². The van der Waals surface area contributed by atoms with Gasteiger partial charge in [-0.3, -0.25) is 9.48 Å². The Hall–Kier alpha value is -2.70. The maximum absolute atomic E-state index is 12.4. The van der Waals surface area contributed by atoms with E-state index in [1.807, 2.05) is 14.0 Å². The second-order valence-electron chi connectivity index (χ2n) is 4.64. The van der Waals surface area contributed by atoms with Crippen molar-refractivity contribution >= 4 is 11.6 Å². The molecule has 0 bridgehead atoms. The van der Waals surface area contributed by atoms with Gasteiger partial charge in [0.25, 0.3) is 5.91 Å². The molecule has 0 aliphatic rings. The normalized spacial score (nSPS) is 10.2. The van der Waals surface area contributed by atoms with E-state index in [1.54, 1.807) is 23.0 Å². The van der Waals surface area contributed by atoms with Crippen molar-refractivity contribution in [3.05, 3.63) is 29.6 Å². The minimum absolute atomic E-state index is 0.282. The van der Waals surface area contributed by atoms with Crippen LogP contribution >= 0.6 is 0 Å². The van der Waals surface area contributed by atoms with E-state index >= 15 is 0 Å². The monoisotopic (exact) mass is 305 g/mol. The largest absolute Gasteiger partial charge is 0.493 e. The van der Waals surface area contributed by atoms with Gasteiger partial charge < -0.3 is 19.5 Å². The molecule has 0 aliphatic heterocycles. The Kier molecular flexibility index (Phi) is 4.55.